The predicted molar refractivity (Wildman–Crippen MR) is 88.5 cm³/mol. The van der Waals surface area contributed by atoms with Crippen molar-refractivity contribution in [3.63, 3.8) is 0 Å². The molecule has 0 bridgehead atoms. The van der Waals surface area contributed by atoms with Crippen molar-refractivity contribution < 1.29 is 5.11 Å². The van der Waals surface area contributed by atoms with Crippen molar-refractivity contribution in [2.24, 2.45) is 5.18 Å². The summed E-state index contributed by atoms with van der Waals surface area (Å²) in [5.74, 6) is 0. The highest BCUT2D eigenvalue weighted by Crippen LogP contribution is 2.13. The quantitative estimate of drug-likeness (QED) is 0.450. The molecule has 3 nitrogen and oxygen atoms in total. The third-order valence-corrected chi connectivity index (χ3v) is 3.97. The van der Waals surface area contributed by atoms with Gasteiger partial charge in [0.05, 0.1) is 6.61 Å². The summed E-state index contributed by atoms with van der Waals surface area (Å²) in [5, 5.41) is 11.8. The first-order chi connectivity index (χ1) is 10.3. The van der Waals surface area contributed by atoms with Crippen LogP contribution in [0.1, 0.15) is 63.0 Å². The van der Waals surface area contributed by atoms with Crippen LogP contribution in [0.25, 0.3) is 0 Å². The van der Waals surface area contributed by atoms with Gasteiger partial charge in [-0.3, -0.25) is 0 Å². The van der Waals surface area contributed by atoms with Gasteiger partial charge in [0, 0.05) is 0 Å². The highest BCUT2D eigenvalue weighted by molar-refractivity contribution is 5.22. The van der Waals surface area contributed by atoms with E-state index in [1.807, 2.05) is 0 Å². The molecule has 0 amide bonds. The van der Waals surface area contributed by atoms with Crippen molar-refractivity contribution in [1.29, 1.82) is 0 Å². The fourth-order valence-electron chi connectivity index (χ4n) is 2.49. The lowest BCUT2D eigenvalue weighted by molar-refractivity contribution is 0.260. The summed E-state index contributed by atoms with van der Waals surface area (Å²) in [6.45, 7) is 2.09. The molecule has 1 aromatic rings. The van der Waals surface area contributed by atoms with E-state index in [0.29, 0.717) is 6.42 Å². The predicted octanol–water partition coefficient (Wildman–Crippen LogP) is 4.65. The second-order valence-electron chi connectivity index (χ2n) is 5.81. The Balaban J connectivity index is 2.22. The number of nitrogens with zero attached hydrogens (tertiary/aromatic N) is 1. The third kappa shape index (κ3) is 7.96. The van der Waals surface area contributed by atoms with E-state index >= 15 is 0 Å². The Morgan fingerprint density at radius 3 is 2.10 bits per heavy atom. The van der Waals surface area contributed by atoms with Crippen molar-refractivity contribution in [1.82, 2.24) is 0 Å². The monoisotopic (exact) mass is 291 g/mol. The average molecular weight is 291 g/mol. The summed E-state index contributed by atoms with van der Waals surface area (Å²) in [6, 6.07) is 8.16. The van der Waals surface area contributed by atoms with Crippen LogP contribution in [0.15, 0.2) is 29.4 Å². The molecule has 0 aliphatic carbocycles. The SMILES string of the molecule is CCCCCCCCc1ccc(CCC(CO)N=O)cc1. The Labute approximate surface area is 128 Å². The molecular weight excluding hydrogens is 262 g/mol. The normalized spacial score (nSPS) is 12.3. The van der Waals surface area contributed by atoms with Crippen LogP contribution in [-0.2, 0) is 12.8 Å². The van der Waals surface area contributed by atoms with E-state index in [2.05, 4.69) is 36.4 Å². The Morgan fingerprint density at radius 1 is 0.952 bits per heavy atom. The van der Waals surface area contributed by atoms with Gasteiger partial charge >= 0.3 is 0 Å². The molecular formula is C18H29NO2. The number of aliphatic hydroxyl groups excluding tert-OH is 1. The summed E-state index contributed by atoms with van der Waals surface area (Å²) in [4.78, 5) is 10.4. The number of hydrogen-bond acceptors (Lipinski definition) is 3. The fourth-order valence-corrected chi connectivity index (χ4v) is 2.49. The molecule has 1 atom stereocenters. The van der Waals surface area contributed by atoms with Gasteiger partial charge in [0.1, 0.15) is 6.04 Å². The van der Waals surface area contributed by atoms with Crippen LogP contribution < -0.4 is 0 Å². The van der Waals surface area contributed by atoms with Gasteiger partial charge in [0.15, 0.2) is 0 Å². The van der Waals surface area contributed by atoms with Crippen LogP contribution in [0, 0.1) is 4.91 Å². The largest absolute Gasteiger partial charge is 0.394 e. The molecule has 3 heteroatoms. The van der Waals surface area contributed by atoms with E-state index in [-0.39, 0.29) is 6.61 Å². The van der Waals surface area contributed by atoms with Gasteiger partial charge in [-0.2, -0.15) is 4.91 Å². The van der Waals surface area contributed by atoms with Crippen molar-refractivity contribution >= 4 is 0 Å². The summed E-state index contributed by atoms with van der Waals surface area (Å²) < 4.78 is 0. The van der Waals surface area contributed by atoms with E-state index in [1.165, 1.54) is 49.7 Å². The number of aryl methyl sites for hydroxylation is 2. The van der Waals surface area contributed by atoms with Gasteiger partial charge < -0.3 is 5.11 Å². The molecule has 1 N–H and O–H groups in total. The third-order valence-electron chi connectivity index (χ3n) is 3.97. The average Bonchev–Trinajstić information content (AvgIpc) is 2.53. The van der Waals surface area contributed by atoms with Gasteiger partial charge in [-0.25, -0.2) is 0 Å². The second-order valence-corrected chi connectivity index (χ2v) is 5.81. The molecule has 21 heavy (non-hydrogen) atoms. The number of hydrogen-bond donors (Lipinski definition) is 1. The lowest BCUT2D eigenvalue weighted by Gasteiger charge is -2.07. The van der Waals surface area contributed by atoms with Gasteiger partial charge in [-0.1, -0.05) is 68.5 Å². The maximum absolute atomic E-state index is 10.4. The summed E-state index contributed by atoms with van der Waals surface area (Å²) in [6.07, 6.45) is 10.6. The van der Waals surface area contributed by atoms with Gasteiger partial charge in [0.2, 0.25) is 0 Å². The Bertz CT molecular complexity index is 375. The molecule has 0 radical (unpaired) electrons. The standard InChI is InChI=1S/C18H29NO2/c1-2-3-4-5-6-7-8-16-9-11-17(12-10-16)13-14-18(15-20)19-21/h9-12,18,20H,2-8,13-15H2,1H3. The summed E-state index contributed by atoms with van der Waals surface area (Å²) in [7, 11) is 0. The first-order valence-electron chi connectivity index (χ1n) is 8.31. The van der Waals surface area contributed by atoms with E-state index < -0.39 is 6.04 Å². The van der Waals surface area contributed by atoms with Gasteiger partial charge in [-0.15, -0.1) is 0 Å². The molecule has 0 aliphatic heterocycles. The first-order valence-corrected chi connectivity index (χ1v) is 8.31. The zero-order valence-electron chi connectivity index (χ0n) is 13.3. The highest BCUT2D eigenvalue weighted by atomic mass is 16.3. The molecule has 1 aromatic carbocycles. The lowest BCUT2D eigenvalue weighted by atomic mass is 10.0. The van der Waals surface area contributed by atoms with Crippen molar-refractivity contribution in [2.45, 2.75) is 70.8 Å². The van der Waals surface area contributed by atoms with E-state index in [1.54, 1.807) is 0 Å². The number of unbranched alkanes of at least 4 members (excludes halogenated alkanes) is 5. The molecule has 0 saturated carbocycles. The van der Waals surface area contributed by atoms with Crippen molar-refractivity contribution in [3.05, 3.63) is 40.3 Å². The van der Waals surface area contributed by atoms with Crippen LogP contribution in [0.4, 0.5) is 0 Å². The van der Waals surface area contributed by atoms with Crippen LogP contribution in [0.5, 0.6) is 0 Å². The topological polar surface area (TPSA) is 49.7 Å². The van der Waals surface area contributed by atoms with Crippen LogP contribution >= 0.6 is 0 Å². The second kappa shape index (κ2) is 11.4. The number of nitroso groups, excluding NO2 is 1. The minimum absolute atomic E-state index is 0.153. The minimum atomic E-state index is -0.465. The summed E-state index contributed by atoms with van der Waals surface area (Å²) in [5.41, 5.74) is 2.60. The molecule has 118 valence electrons. The van der Waals surface area contributed by atoms with Gasteiger partial charge in [0.25, 0.3) is 0 Å². The maximum atomic E-state index is 10.4. The number of rotatable bonds is 12. The Hall–Kier alpha value is -1.22. The smallest absolute Gasteiger partial charge is 0.115 e. The van der Waals surface area contributed by atoms with E-state index in [4.69, 9.17) is 5.11 Å². The number of aliphatic hydroxyl groups is 1. The molecule has 0 spiro atoms. The van der Waals surface area contributed by atoms with Gasteiger partial charge in [-0.05, 0) is 36.8 Å². The highest BCUT2D eigenvalue weighted by Gasteiger charge is 2.06. The molecule has 0 heterocycles. The minimum Gasteiger partial charge on any atom is -0.394 e. The van der Waals surface area contributed by atoms with E-state index in [9.17, 15) is 4.91 Å². The zero-order chi connectivity index (χ0) is 15.3. The first kappa shape index (κ1) is 17.8. The van der Waals surface area contributed by atoms with Crippen LogP contribution in [-0.4, -0.2) is 17.8 Å². The van der Waals surface area contributed by atoms with Crippen LogP contribution in [0.2, 0.25) is 0 Å². The Kier molecular flexibility index (Phi) is 9.71. The van der Waals surface area contributed by atoms with Crippen molar-refractivity contribution in [2.75, 3.05) is 6.61 Å². The fraction of sp³-hybridized carbons (Fsp3) is 0.667. The maximum Gasteiger partial charge on any atom is 0.115 e. The molecule has 1 unspecified atom stereocenters. The molecule has 0 fully saturated rings. The Morgan fingerprint density at radius 2 is 1.52 bits per heavy atom. The molecule has 0 aromatic heterocycles. The molecule has 0 aliphatic rings. The lowest BCUT2D eigenvalue weighted by Crippen LogP contribution is -2.10. The zero-order valence-corrected chi connectivity index (χ0v) is 13.3. The van der Waals surface area contributed by atoms with Crippen LogP contribution in [0.3, 0.4) is 0 Å². The molecule has 0 saturated heterocycles. The summed E-state index contributed by atoms with van der Waals surface area (Å²) >= 11 is 0. The number of benzene rings is 1. The van der Waals surface area contributed by atoms with Crippen molar-refractivity contribution in [3.8, 4) is 0 Å². The molecule has 1 rings (SSSR count). The van der Waals surface area contributed by atoms with E-state index in [0.717, 1.165) is 12.8 Å².